The number of thioether (sulfide) groups is 1. The molecule has 15 heavy (non-hydrogen) atoms. The van der Waals surface area contributed by atoms with Crippen molar-refractivity contribution in [1.29, 1.82) is 0 Å². The van der Waals surface area contributed by atoms with Gasteiger partial charge in [0.25, 0.3) is 0 Å². The van der Waals surface area contributed by atoms with E-state index in [-0.39, 0.29) is 11.9 Å². The topological polar surface area (TPSA) is 50.9 Å². The standard InChI is InChI=1S/C10H13N3OS/c1-7(5-14)15-10-9-8(3-4-11-10)13(2)6-12-9/h3-4,6-7,14H,5H2,1-2H3. The van der Waals surface area contributed by atoms with E-state index in [1.807, 2.05) is 24.6 Å². The lowest BCUT2D eigenvalue weighted by Gasteiger charge is -2.06. The Hall–Kier alpha value is -1.07. The van der Waals surface area contributed by atoms with Crippen LogP contribution in [0, 0.1) is 0 Å². The van der Waals surface area contributed by atoms with Crippen LogP contribution in [0.15, 0.2) is 23.6 Å². The van der Waals surface area contributed by atoms with Gasteiger partial charge in [-0.3, -0.25) is 0 Å². The molecule has 0 aliphatic rings. The van der Waals surface area contributed by atoms with Gasteiger partial charge in [0.15, 0.2) is 0 Å². The summed E-state index contributed by atoms with van der Waals surface area (Å²) >= 11 is 1.55. The van der Waals surface area contributed by atoms with Crippen LogP contribution < -0.4 is 0 Å². The van der Waals surface area contributed by atoms with Gasteiger partial charge in [-0.25, -0.2) is 9.97 Å². The van der Waals surface area contributed by atoms with Crippen LogP contribution in [0.5, 0.6) is 0 Å². The van der Waals surface area contributed by atoms with Crippen molar-refractivity contribution in [2.24, 2.45) is 7.05 Å². The first-order valence-electron chi connectivity index (χ1n) is 4.76. The quantitative estimate of drug-likeness (QED) is 0.800. The molecule has 1 N–H and O–H groups in total. The van der Waals surface area contributed by atoms with Gasteiger partial charge in [0.05, 0.1) is 18.5 Å². The number of aliphatic hydroxyl groups excluding tert-OH is 1. The smallest absolute Gasteiger partial charge is 0.124 e. The molecule has 1 atom stereocenters. The van der Waals surface area contributed by atoms with E-state index in [2.05, 4.69) is 9.97 Å². The third-order valence-corrected chi connectivity index (χ3v) is 3.25. The van der Waals surface area contributed by atoms with E-state index < -0.39 is 0 Å². The minimum Gasteiger partial charge on any atom is -0.395 e. The van der Waals surface area contributed by atoms with Crippen LogP contribution in [-0.2, 0) is 7.05 Å². The molecule has 2 rings (SSSR count). The van der Waals surface area contributed by atoms with E-state index >= 15 is 0 Å². The predicted octanol–water partition coefficient (Wildman–Crippen LogP) is 1.44. The molecule has 0 saturated heterocycles. The normalized spacial score (nSPS) is 13.3. The summed E-state index contributed by atoms with van der Waals surface area (Å²) < 4.78 is 1.96. The molecule has 0 amide bonds. The van der Waals surface area contributed by atoms with Gasteiger partial charge in [0.2, 0.25) is 0 Å². The van der Waals surface area contributed by atoms with Crippen molar-refractivity contribution < 1.29 is 5.11 Å². The summed E-state index contributed by atoms with van der Waals surface area (Å²) in [5.41, 5.74) is 1.97. The Morgan fingerprint density at radius 1 is 1.53 bits per heavy atom. The van der Waals surface area contributed by atoms with E-state index in [1.54, 1.807) is 24.3 Å². The number of hydrogen-bond donors (Lipinski definition) is 1. The van der Waals surface area contributed by atoms with Crippen molar-refractivity contribution in [3.05, 3.63) is 18.6 Å². The summed E-state index contributed by atoms with van der Waals surface area (Å²) in [6.45, 7) is 2.11. The fourth-order valence-corrected chi connectivity index (χ4v) is 2.20. The number of aryl methyl sites for hydroxylation is 1. The lowest BCUT2D eigenvalue weighted by molar-refractivity contribution is 0.300. The number of aliphatic hydroxyl groups is 1. The van der Waals surface area contributed by atoms with E-state index in [9.17, 15) is 0 Å². The predicted molar refractivity (Wildman–Crippen MR) is 60.9 cm³/mol. The zero-order chi connectivity index (χ0) is 10.8. The van der Waals surface area contributed by atoms with Crippen molar-refractivity contribution in [3.63, 3.8) is 0 Å². The van der Waals surface area contributed by atoms with Crippen LogP contribution in [-0.4, -0.2) is 31.5 Å². The Morgan fingerprint density at radius 2 is 2.33 bits per heavy atom. The maximum absolute atomic E-state index is 9.00. The van der Waals surface area contributed by atoms with Gasteiger partial charge in [0, 0.05) is 18.5 Å². The van der Waals surface area contributed by atoms with Crippen molar-refractivity contribution in [3.8, 4) is 0 Å². The molecule has 4 nitrogen and oxygen atoms in total. The van der Waals surface area contributed by atoms with Crippen molar-refractivity contribution in [1.82, 2.24) is 14.5 Å². The van der Waals surface area contributed by atoms with Gasteiger partial charge in [-0.1, -0.05) is 18.7 Å². The van der Waals surface area contributed by atoms with Crippen LogP contribution in [0.4, 0.5) is 0 Å². The molecule has 2 aromatic heterocycles. The number of fused-ring (bicyclic) bond motifs is 1. The highest BCUT2D eigenvalue weighted by molar-refractivity contribution is 8.00. The highest BCUT2D eigenvalue weighted by Gasteiger charge is 2.10. The summed E-state index contributed by atoms with van der Waals surface area (Å²) in [5.74, 6) is 0. The van der Waals surface area contributed by atoms with E-state index in [4.69, 9.17) is 5.11 Å². The van der Waals surface area contributed by atoms with Gasteiger partial charge >= 0.3 is 0 Å². The lowest BCUT2D eigenvalue weighted by atomic mass is 10.4. The van der Waals surface area contributed by atoms with E-state index in [0.717, 1.165) is 16.1 Å². The molecule has 0 bridgehead atoms. The van der Waals surface area contributed by atoms with Crippen molar-refractivity contribution in [2.45, 2.75) is 17.2 Å². The van der Waals surface area contributed by atoms with Crippen LogP contribution in [0.3, 0.4) is 0 Å². The minimum absolute atomic E-state index is 0.144. The summed E-state index contributed by atoms with van der Waals surface area (Å²) in [4.78, 5) is 8.59. The molecule has 80 valence electrons. The van der Waals surface area contributed by atoms with Gasteiger partial charge in [-0.15, -0.1) is 0 Å². The Morgan fingerprint density at radius 3 is 3.07 bits per heavy atom. The largest absolute Gasteiger partial charge is 0.395 e. The first-order valence-corrected chi connectivity index (χ1v) is 5.64. The van der Waals surface area contributed by atoms with Gasteiger partial charge < -0.3 is 9.67 Å². The Balaban J connectivity index is 2.43. The Labute approximate surface area is 92.3 Å². The van der Waals surface area contributed by atoms with Gasteiger partial charge in [-0.05, 0) is 6.07 Å². The highest BCUT2D eigenvalue weighted by Crippen LogP contribution is 2.27. The Kier molecular flexibility index (Phi) is 2.93. The second-order valence-electron chi connectivity index (χ2n) is 3.45. The van der Waals surface area contributed by atoms with Crippen molar-refractivity contribution in [2.75, 3.05) is 6.61 Å². The molecule has 0 aliphatic heterocycles. The molecule has 2 heterocycles. The fourth-order valence-electron chi connectivity index (χ4n) is 1.35. The van der Waals surface area contributed by atoms with E-state index in [0.29, 0.717) is 0 Å². The number of hydrogen-bond acceptors (Lipinski definition) is 4. The zero-order valence-electron chi connectivity index (χ0n) is 8.71. The number of rotatable bonds is 3. The monoisotopic (exact) mass is 223 g/mol. The van der Waals surface area contributed by atoms with E-state index in [1.165, 1.54) is 0 Å². The average Bonchev–Trinajstić information content (AvgIpc) is 2.62. The number of nitrogens with zero attached hydrogens (tertiary/aromatic N) is 3. The molecular formula is C10H13N3OS. The van der Waals surface area contributed by atoms with Crippen LogP contribution in [0.1, 0.15) is 6.92 Å². The molecule has 0 fully saturated rings. The fraction of sp³-hybridized carbons (Fsp3) is 0.400. The molecule has 2 aromatic rings. The minimum atomic E-state index is 0.144. The van der Waals surface area contributed by atoms with Gasteiger partial charge in [0.1, 0.15) is 10.5 Å². The second-order valence-corrected chi connectivity index (χ2v) is 4.88. The molecular weight excluding hydrogens is 210 g/mol. The van der Waals surface area contributed by atoms with Crippen LogP contribution >= 0.6 is 11.8 Å². The lowest BCUT2D eigenvalue weighted by Crippen LogP contribution is -2.02. The van der Waals surface area contributed by atoms with Crippen molar-refractivity contribution >= 4 is 22.8 Å². The zero-order valence-corrected chi connectivity index (χ0v) is 9.53. The number of aromatic nitrogens is 3. The third kappa shape index (κ3) is 1.98. The summed E-state index contributed by atoms with van der Waals surface area (Å²) in [7, 11) is 1.96. The summed E-state index contributed by atoms with van der Waals surface area (Å²) in [6.07, 6.45) is 3.55. The molecule has 0 spiro atoms. The van der Waals surface area contributed by atoms with Crippen LogP contribution in [0.2, 0.25) is 0 Å². The molecule has 0 saturated carbocycles. The average molecular weight is 223 g/mol. The molecule has 0 aromatic carbocycles. The highest BCUT2D eigenvalue weighted by atomic mass is 32.2. The Bertz CT molecular complexity index is 469. The molecule has 5 heteroatoms. The third-order valence-electron chi connectivity index (χ3n) is 2.18. The SMILES string of the molecule is CC(CO)Sc1nccc2c1ncn2C. The maximum atomic E-state index is 9.00. The number of imidazole rings is 1. The molecule has 1 unspecified atom stereocenters. The maximum Gasteiger partial charge on any atom is 0.124 e. The van der Waals surface area contributed by atoms with Gasteiger partial charge in [-0.2, -0.15) is 0 Å². The first-order chi connectivity index (χ1) is 7.22. The summed E-state index contributed by atoms with van der Waals surface area (Å²) in [6, 6.07) is 1.94. The van der Waals surface area contributed by atoms with Crippen LogP contribution in [0.25, 0.3) is 11.0 Å². The first kappa shape index (κ1) is 10.4. The molecule has 0 radical (unpaired) electrons. The molecule has 0 aliphatic carbocycles. The second kappa shape index (κ2) is 4.20. The number of pyridine rings is 1. The summed E-state index contributed by atoms with van der Waals surface area (Å²) in [5, 5.41) is 10.0.